The molecule has 2 aromatic rings. The maximum absolute atomic E-state index is 12.1. The third-order valence-electron chi connectivity index (χ3n) is 2.52. The minimum atomic E-state index is -1.09. The van der Waals surface area contributed by atoms with E-state index in [0.29, 0.717) is 11.4 Å². The summed E-state index contributed by atoms with van der Waals surface area (Å²) >= 11 is 0. The van der Waals surface area contributed by atoms with E-state index in [-0.39, 0.29) is 6.54 Å². The van der Waals surface area contributed by atoms with Crippen LogP contribution in [0.2, 0.25) is 0 Å². The molecule has 0 saturated carbocycles. The molecule has 0 radical (unpaired) electrons. The summed E-state index contributed by atoms with van der Waals surface area (Å²) in [4.78, 5) is 24.1. The molecular weight excluding hydrogens is 262 g/mol. The first-order chi connectivity index (χ1) is 9.66. The minimum absolute atomic E-state index is 0.165. The second-order valence-electron chi connectivity index (χ2n) is 3.96. The van der Waals surface area contributed by atoms with Gasteiger partial charge in [-0.3, -0.25) is 9.69 Å². The van der Waals surface area contributed by atoms with Crippen LogP contribution >= 0.6 is 0 Å². The summed E-state index contributed by atoms with van der Waals surface area (Å²) < 4.78 is 4.65. The monoisotopic (exact) mass is 275 g/mol. The number of carboxylic acid groups (broad SMARTS) is 1. The zero-order valence-electron chi connectivity index (χ0n) is 10.5. The average Bonchev–Trinajstić information content (AvgIpc) is 2.96. The Kier molecular flexibility index (Phi) is 4.33. The predicted molar refractivity (Wildman–Crippen MR) is 70.2 cm³/mol. The lowest BCUT2D eigenvalue weighted by molar-refractivity contribution is -0.135. The van der Waals surface area contributed by atoms with E-state index in [9.17, 15) is 9.59 Å². The molecule has 20 heavy (non-hydrogen) atoms. The summed E-state index contributed by atoms with van der Waals surface area (Å²) in [7, 11) is 0. The lowest BCUT2D eigenvalue weighted by atomic mass is 10.3. The average molecular weight is 275 g/mol. The number of para-hydroxylation sites is 1. The molecule has 0 atom stereocenters. The summed E-state index contributed by atoms with van der Waals surface area (Å²) in [6.07, 6.45) is 1.40. The quantitative estimate of drug-likeness (QED) is 0.861. The van der Waals surface area contributed by atoms with Crippen LogP contribution < -0.4 is 10.2 Å². The number of carboxylic acids is 1. The standard InChI is InChI=1S/C13H13N3O4/c17-12(18)9-16(11-4-2-1-3-5-11)13(19)14-8-10-6-7-20-15-10/h1-7H,8-9H2,(H,14,19)(H,17,18). The number of carbonyl (C=O) groups excluding carboxylic acids is 1. The zero-order chi connectivity index (χ0) is 14.4. The molecule has 1 aromatic heterocycles. The first kappa shape index (κ1) is 13.6. The summed E-state index contributed by atoms with van der Waals surface area (Å²) in [6.45, 7) is -0.257. The van der Waals surface area contributed by atoms with Crippen molar-refractivity contribution in [3.63, 3.8) is 0 Å². The number of aromatic nitrogens is 1. The van der Waals surface area contributed by atoms with Gasteiger partial charge >= 0.3 is 12.0 Å². The number of amides is 2. The number of hydrogen-bond donors (Lipinski definition) is 2. The molecule has 0 saturated heterocycles. The molecule has 0 aliphatic rings. The molecule has 0 aliphatic carbocycles. The Hall–Kier alpha value is -2.83. The van der Waals surface area contributed by atoms with Crippen LogP contribution in [-0.2, 0) is 11.3 Å². The van der Waals surface area contributed by atoms with E-state index in [1.54, 1.807) is 36.4 Å². The van der Waals surface area contributed by atoms with Gasteiger partial charge < -0.3 is 14.9 Å². The molecule has 0 bridgehead atoms. The number of hydrogen-bond acceptors (Lipinski definition) is 4. The highest BCUT2D eigenvalue weighted by Crippen LogP contribution is 2.13. The van der Waals surface area contributed by atoms with E-state index < -0.39 is 18.5 Å². The van der Waals surface area contributed by atoms with E-state index in [1.165, 1.54) is 6.26 Å². The van der Waals surface area contributed by atoms with Crippen LogP contribution in [0, 0.1) is 0 Å². The maximum atomic E-state index is 12.1. The van der Waals surface area contributed by atoms with Gasteiger partial charge in [-0.25, -0.2) is 4.79 Å². The maximum Gasteiger partial charge on any atom is 0.323 e. The van der Waals surface area contributed by atoms with Gasteiger partial charge in [-0.2, -0.15) is 0 Å². The van der Waals surface area contributed by atoms with Crippen LogP contribution in [0.15, 0.2) is 47.2 Å². The van der Waals surface area contributed by atoms with Crippen LogP contribution in [-0.4, -0.2) is 28.8 Å². The zero-order valence-corrected chi connectivity index (χ0v) is 10.5. The second kappa shape index (κ2) is 6.37. The topological polar surface area (TPSA) is 95.7 Å². The van der Waals surface area contributed by atoms with Crippen molar-refractivity contribution >= 4 is 17.7 Å². The normalized spacial score (nSPS) is 10.0. The minimum Gasteiger partial charge on any atom is -0.480 e. The Labute approximate surface area is 114 Å². The molecule has 0 aliphatic heterocycles. The van der Waals surface area contributed by atoms with Crippen molar-refractivity contribution in [1.82, 2.24) is 10.5 Å². The number of aliphatic carboxylic acids is 1. The third-order valence-corrected chi connectivity index (χ3v) is 2.52. The van der Waals surface area contributed by atoms with Crippen LogP contribution in [0.5, 0.6) is 0 Å². The van der Waals surface area contributed by atoms with Crippen molar-refractivity contribution in [1.29, 1.82) is 0 Å². The molecule has 2 N–H and O–H groups in total. The Morgan fingerprint density at radius 1 is 1.25 bits per heavy atom. The molecule has 104 valence electrons. The summed E-state index contributed by atoms with van der Waals surface area (Å²) in [5, 5.41) is 15.1. The molecule has 0 unspecified atom stereocenters. The van der Waals surface area contributed by atoms with Gasteiger partial charge in [0.15, 0.2) is 0 Å². The van der Waals surface area contributed by atoms with Gasteiger partial charge in [0.25, 0.3) is 0 Å². The van der Waals surface area contributed by atoms with Crippen molar-refractivity contribution in [3.05, 3.63) is 48.4 Å². The molecular formula is C13H13N3O4. The molecule has 2 amide bonds. The van der Waals surface area contributed by atoms with Crippen molar-refractivity contribution < 1.29 is 19.2 Å². The third kappa shape index (κ3) is 3.58. The molecule has 2 rings (SSSR count). The van der Waals surface area contributed by atoms with E-state index in [4.69, 9.17) is 5.11 Å². The Morgan fingerprint density at radius 3 is 2.60 bits per heavy atom. The van der Waals surface area contributed by atoms with E-state index in [0.717, 1.165) is 4.90 Å². The van der Waals surface area contributed by atoms with Gasteiger partial charge in [-0.15, -0.1) is 0 Å². The fraction of sp³-hybridized carbons (Fsp3) is 0.154. The first-order valence-corrected chi connectivity index (χ1v) is 5.88. The van der Waals surface area contributed by atoms with Crippen molar-refractivity contribution in [2.45, 2.75) is 6.54 Å². The van der Waals surface area contributed by atoms with Gasteiger partial charge in [0, 0.05) is 11.8 Å². The molecule has 7 nitrogen and oxygen atoms in total. The smallest absolute Gasteiger partial charge is 0.323 e. The highest BCUT2D eigenvalue weighted by molar-refractivity contribution is 5.96. The number of nitrogens with zero attached hydrogens (tertiary/aromatic N) is 2. The second-order valence-corrected chi connectivity index (χ2v) is 3.96. The van der Waals surface area contributed by atoms with Crippen LogP contribution in [0.3, 0.4) is 0 Å². The van der Waals surface area contributed by atoms with Crippen LogP contribution in [0.4, 0.5) is 10.5 Å². The predicted octanol–water partition coefficient (Wildman–Crippen LogP) is 1.48. The fourth-order valence-corrected chi connectivity index (χ4v) is 1.61. The lowest BCUT2D eigenvalue weighted by Crippen LogP contribution is -2.42. The lowest BCUT2D eigenvalue weighted by Gasteiger charge is -2.20. The number of urea groups is 1. The summed E-state index contributed by atoms with van der Waals surface area (Å²) in [5.74, 6) is -1.09. The van der Waals surface area contributed by atoms with Gasteiger partial charge in [0.2, 0.25) is 0 Å². The number of anilines is 1. The van der Waals surface area contributed by atoms with Crippen molar-refractivity contribution in [2.75, 3.05) is 11.4 Å². The Balaban J connectivity index is 2.06. The fourth-order valence-electron chi connectivity index (χ4n) is 1.61. The van der Waals surface area contributed by atoms with Gasteiger partial charge in [0.1, 0.15) is 18.5 Å². The van der Waals surface area contributed by atoms with Gasteiger partial charge in [0.05, 0.1) is 6.54 Å². The Morgan fingerprint density at radius 2 is 2.00 bits per heavy atom. The molecule has 1 aromatic carbocycles. The van der Waals surface area contributed by atoms with E-state index >= 15 is 0 Å². The molecule has 7 heteroatoms. The summed E-state index contributed by atoms with van der Waals surface area (Å²) in [6, 6.07) is 9.68. The number of rotatable bonds is 5. The number of nitrogens with one attached hydrogen (secondary N) is 1. The molecule has 1 heterocycles. The van der Waals surface area contributed by atoms with Crippen molar-refractivity contribution in [2.24, 2.45) is 0 Å². The van der Waals surface area contributed by atoms with E-state index in [1.807, 2.05) is 0 Å². The Bertz CT molecular complexity index is 569. The van der Waals surface area contributed by atoms with Gasteiger partial charge in [-0.05, 0) is 12.1 Å². The van der Waals surface area contributed by atoms with E-state index in [2.05, 4.69) is 15.0 Å². The number of carbonyl (C=O) groups is 2. The van der Waals surface area contributed by atoms with Crippen LogP contribution in [0.25, 0.3) is 0 Å². The highest BCUT2D eigenvalue weighted by Gasteiger charge is 2.18. The van der Waals surface area contributed by atoms with Crippen LogP contribution in [0.1, 0.15) is 5.69 Å². The number of benzene rings is 1. The highest BCUT2D eigenvalue weighted by atomic mass is 16.5. The largest absolute Gasteiger partial charge is 0.480 e. The van der Waals surface area contributed by atoms with Crippen molar-refractivity contribution in [3.8, 4) is 0 Å². The molecule has 0 spiro atoms. The summed E-state index contributed by atoms with van der Waals surface area (Å²) in [5.41, 5.74) is 1.06. The SMILES string of the molecule is O=C(O)CN(C(=O)NCc1ccon1)c1ccccc1. The van der Waals surface area contributed by atoms with Gasteiger partial charge in [-0.1, -0.05) is 23.4 Å². The molecule has 0 fully saturated rings. The first-order valence-electron chi connectivity index (χ1n) is 5.88.